The van der Waals surface area contributed by atoms with E-state index in [1.807, 2.05) is 0 Å². The van der Waals surface area contributed by atoms with E-state index >= 15 is 0 Å². The summed E-state index contributed by atoms with van der Waals surface area (Å²) in [4.78, 5) is 71.0. The molecule has 4 unspecified atom stereocenters. The maximum absolute atomic E-state index is 13.0. The van der Waals surface area contributed by atoms with Crippen LogP contribution in [0.4, 0.5) is 11.9 Å². The average Bonchev–Trinajstić information content (AvgIpc) is 3.72. The van der Waals surface area contributed by atoms with Crippen molar-refractivity contribution in [3.05, 3.63) is 33.4 Å². The molecule has 3 aliphatic heterocycles. The summed E-state index contributed by atoms with van der Waals surface area (Å²) in [7, 11) is -10.1. The lowest BCUT2D eigenvalue weighted by atomic mass is 10.1. The lowest BCUT2D eigenvalue weighted by molar-refractivity contribution is -0.234. The SMILES string of the molecule is Nc1nc2c(ncn2[C@H]2CC3OP(=O)([O-])OCC[C@H]4O[C@@H](n5cnc6c(=O)[nH]c(N)nc65)CC4OP(=O)([O-])OC[C@@H]3O2)c(=O)[nH]1. The maximum atomic E-state index is 13.0. The summed E-state index contributed by atoms with van der Waals surface area (Å²) < 4.78 is 61.3. The molecule has 3 saturated heterocycles. The first-order valence-electron chi connectivity index (χ1n) is 13.4. The average molecular weight is 670 g/mol. The van der Waals surface area contributed by atoms with E-state index in [0.29, 0.717) is 0 Å². The van der Waals surface area contributed by atoms with Crippen LogP contribution in [0.3, 0.4) is 0 Å². The molecule has 0 spiro atoms. The number of hydrogen-bond acceptors (Lipinski definition) is 18. The van der Waals surface area contributed by atoms with Crippen molar-refractivity contribution >= 4 is 49.9 Å². The summed E-state index contributed by atoms with van der Waals surface area (Å²) in [5.41, 5.74) is 10.2. The Labute approximate surface area is 249 Å². The smallest absolute Gasteiger partial charge is 0.280 e. The Hall–Kier alpha value is -3.56. The summed E-state index contributed by atoms with van der Waals surface area (Å²) in [6.07, 6.45) is -4.49. The minimum absolute atomic E-state index is 0.0272. The number of nitrogen functional groups attached to an aromatic ring is 2. The predicted octanol–water partition coefficient (Wildman–Crippen LogP) is -1.86. The molecule has 6 N–H and O–H groups in total. The number of aromatic amines is 2. The molecular formula is C21H24N10O12P2-2. The zero-order valence-electron chi connectivity index (χ0n) is 22.8. The van der Waals surface area contributed by atoms with Crippen molar-refractivity contribution in [2.45, 2.75) is 56.1 Å². The van der Waals surface area contributed by atoms with Gasteiger partial charge < -0.3 is 48.8 Å². The molecule has 24 heteroatoms. The summed E-state index contributed by atoms with van der Waals surface area (Å²) in [5.74, 6) is -0.365. The lowest BCUT2D eigenvalue weighted by Gasteiger charge is -2.29. The number of nitrogens with zero attached hydrogens (tertiary/aromatic N) is 6. The fourth-order valence-electron chi connectivity index (χ4n) is 5.52. The second-order valence-corrected chi connectivity index (χ2v) is 13.1. The third-order valence-corrected chi connectivity index (χ3v) is 9.48. The van der Waals surface area contributed by atoms with Gasteiger partial charge in [0, 0.05) is 19.3 Å². The molecule has 8 atom stereocenters. The van der Waals surface area contributed by atoms with Gasteiger partial charge >= 0.3 is 0 Å². The highest BCUT2D eigenvalue weighted by Crippen LogP contribution is 2.50. The first-order valence-corrected chi connectivity index (χ1v) is 16.3. The Balaban J connectivity index is 1.13. The molecular weight excluding hydrogens is 646 g/mol. The van der Waals surface area contributed by atoms with Gasteiger partial charge in [-0.1, -0.05) is 0 Å². The third kappa shape index (κ3) is 5.81. The van der Waals surface area contributed by atoms with E-state index in [4.69, 9.17) is 39.0 Å². The number of H-pyrrole nitrogens is 2. The van der Waals surface area contributed by atoms with Gasteiger partial charge in [-0.2, -0.15) is 9.97 Å². The molecule has 7 rings (SSSR count). The Bertz CT molecular complexity index is 1990. The number of rotatable bonds is 2. The van der Waals surface area contributed by atoms with Gasteiger partial charge in [-0.3, -0.25) is 37.8 Å². The molecule has 4 aromatic rings. The van der Waals surface area contributed by atoms with Gasteiger partial charge in [0.1, 0.15) is 18.6 Å². The normalized spacial score (nSPS) is 34.6. The van der Waals surface area contributed by atoms with Crippen LogP contribution in [-0.4, -0.2) is 76.7 Å². The number of fused-ring (bicyclic) bond motifs is 4. The molecule has 0 aliphatic carbocycles. The van der Waals surface area contributed by atoms with E-state index in [-0.39, 0.29) is 53.5 Å². The highest BCUT2D eigenvalue weighted by molar-refractivity contribution is 7.46. The van der Waals surface area contributed by atoms with Gasteiger partial charge in [-0.25, -0.2) is 9.97 Å². The van der Waals surface area contributed by atoms with Crippen molar-refractivity contribution in [1.29, 1.82) is 0 Å². The van der Waals surface area contributed by atoms with Crippen molar-refractivity contribution < 1.29 is 46.5 Å². The number of phosphoric ester groups is 2. The van der Waals surface area contributed by atoms with Crippen molar-refractivity contribution in [2.24, 2.45) is 0 Å². The number of anilines is 2. The quantitative estimate of drug-likeness (QED) is 0.170. The first kappa shape index (κ1) is 30.1. The molecule has 45 heavy (non-hydrogen) atoms. The van der Waals surface area contributed by atoms with Crippen LogP contribution in [0.2, 0.25) is 0 Å². The summed E-state index contributed by atoms with van der Waals surface area (Å²) in [6.45, 7) is -1.16. The van der Waals surface area contributed by atoms with Crippen LogP contribution in [0.15, 0.2) is 22.2 Å². The van der Waals surface area contributed by atoms with E-state index in [2.05, 4.69) is 29.9 Å². The summed E-state index contributed by atoms with van der Waals surface area (Å²) >= 11 is 0. The molecule has 22 nitrogen and oxygen atoms in total. The lowest BCUT2D eigenvalue weighted by Crippen LogP contribution is -2.31. The van der Waals surface area contributed by atoms with Crippen LogP contribution in [0.1, 0.15) is 31.7 Å². The standard InChI is InChI=1S/C21H26N10O12P2/c22-20-26-16-14(18(32)28-20)24-6-30(16)12-3-9-8(40-12)1-2-38-44(34,35)43-10-4-13(41-11(10)5-39-45(36,37)42-9)31-7-25-15-17(31)27-21(23)29-19(15)33/h6-13H,1-5H2,(H,34,35)(H,36,37)(H3,22,26,28,32)(H3,23,27,29,33)/p-2/t8-,9?,10?,11+,12-,13-/m1/s1. The molecule has 3 aliphatic rings. The van der Waals surface area contributed by atoms with Crippen molar-refractivity contribution in [3.8, 4) is 0 Å². The number of ether oxygens (including phenoxy) is 2. The fourth-order valence-corrected chi connectivity index (χ4v) is 7.40. The molecule has 0 bridgehead atoms. The van der Waals surface area contributed by atoms with Gasteiger partial charge in [-0.05, 0) is 0 Å². The van der Waals surface area contributed by atoms with Gasteiger partial charge in [-0.15, -0.1) is 0 Å². The van der Waals surface area contributed by atoms with Gasteiger partial charge in [0.05, 0.1) is 44.2 Å². The zero-order valence-corrected chi connectivity index (χ0v) is 24.6. The van der Waals surface area contributed by atoms with E-state index in [1.54, 1.807) is 0 Å². The van der Waals surface area contributed by atoms with Gasteiger partial charge in [0.25, 0.3) is 26.8 Å². The van der Waals surface area contributed by atoms with Crippen LogP contribution in [0.5, 0.6) is 0 Å². The Kier molecular flexibility index (Phi) is 7.40. The summed E-state index contributed by atoms with van der Waals surface area (Å²) in [5, 5.41) is 0. The molecule has 0 radical (unpaired) electrons. The number of aromatic nitrogens is 8. The van der Waals surface area contributed by atoms with Crippen LogP contribution in [0, 0.1) is 0 Å². The number of nitrogens with two attached hydrogens (primary N) is 2. The van der Waals surface area contributed by atoms with Gasteiger partial charge in [0.2, 0.25) is 11.9 Å². The number of phosphoric acid groups is 2. The molecule has 4 aromatic heterocycles. The van der Waals surface area contributed by atoms with Crippen LogP contribution >= 0.6 is 15.6 Å². The second kappa shape index (κ2) is 11.1. The Morgan fingerprint density at radius 1 is 0.778 bits per heavy atom. The Morgan fingerprint density at radius 2 is 1.27 bits per heavy atom. The van der Waals surface area contributed by atoms with Crippen molar-refractivity contribution in [3.63, 3.8) is 0 Å². The van der Waals surface area contributed by atoms with E-state index in [0.717, 1.165) is 0 Å². The molecule has 0 amide bonds. The highest BCUT2D eigenvalue weighted by atomic mass is 31.2. The third-order valence-electron chi connectivity index (χ3n) is 7.46. The van der Waals surface area contributed by atoms with Crippen LogP contribution < -0.4 is 32.4 Å². The minimum Gasteiger partial charge on any atom is -0.756 e. The Morgan fingerprint density at radius 3 is 1.82 bits per heavy atom. The number of hydrogen-bond donors (Lipinski definition) is 4. The first-order chi connectivity index (χ1) is 21.4. The highest BCUT2D eigenvalue weighted by Gasteiger charge is 2.43. The largest absolute Gasteiger partial charge is 0.756 e. The maximum Gasteiger partial charge on any atom is 0.280 e. The number of nitrogens with one attached hydrogen (secondary N) is 2. The number of imidazole rings is 2. The van der Waals surface area contributed by atoms with E-state index < -0.39 is 76.8 Å². The minimum atomic E-state index is -5.07. The van der Waals surface area contributed by atoms with Gasteiger partial charge in [0.15, 0.2) is 22.3 Å². The predicted molar refractivity (Wildman–Crippen MR) is 144 cm³/mol. The zero-order chi connectivity index (χ0) is 31.7. The van der Waals surface area contributed by atoms with Crippen molar-refractivity contribution in [1.82, 2.24) is 39.0 Å². The topological polar surface area (TPSA) is 315 Å². The fraction of sp³-hybridized carbons (Fsp3) is 0.524. The van der Waals surface area contributed by atoms with E-state index in [1.165, 1.54) is 21.8 Å². The molecule has 3 fully saturated rings. The molecule has 7 heterocycles. The molecule has 0 aromatic carbocycles. The second-order valence-electron chi connectivity index (χ2n) is 10.4. The molecule has 0 saturated carbocycles. The van der Waals surface area contributed by atoms with Crippen LogP contribution in [0.25, 0.3) is 22.3 Å². The monoisotopic (exact) mass is 670 g/mol. The van der Waals surface area contributed by atoms with Crippen LogP contribution in [-0.2, 0) is 36.7 Å². The van der Waals surface area contributed by atoms with Crippen molar-refractivity contribution in [2.75, 3.05) is 24.7 Å². The van der Waals surface area contributed by atoms with E-state index in [9.17, 15) is 28.5 Å². The molecule has 242 valence electrons. The summed E-state index contributed by atoms with van der Waals surface area (Å²) in [6, 6.07) is 0.